The Balaban J connectivity index is 0.00000784. The molecule has 0 saturated heterocycles. The van der Waals surface area contributed by atoms with Crippen LogP contribution in [0.25, 0.3) is 0 Å². The Morgan fingerprint density at radius 3 is 2.31 bits per heavy atom. The van der Waals surface area contributed by atoms with E-state index in [1.165, 1.54) is 5.56 Å². The highest BCUT2D eigenvalue weighted by Gasteiger charge is 2.14. The van der Waals surface area contributed by atoms with Crippen LogP contribution < -0.4 is 14.8 Å². The molecule has 1 rings (SSSR count). The molecule has 1 N–H and O–H groups in total. The number of halogens is 1. The first-order valence-corrected chi connectivity index (χ1v) is 9.98. The van der Waals surface area contributed by atoms with E-state index >= 15 is 0 Å². The van der Waals surface area contributed by atoms with E-state index in [0.29, 0.717) is 13.1 Å². The van der Waals surface area contributed by atoms with Crippen molar-refractivity contribution in [3.8, 4) is 11.5 Å². The molecule has 8 heteroatoms. The number of hydrogen-bond donors (Lipinski definition) is 1. The molecular formula is C21H37IN4O3. The molecule has 1 amide bonds. The largest absolute Gasteiger partial charge is 0.493 e. The third-order valence-electron chi connectivity index (χ3n) is 4.52. The molecule has 1 aromatic carbocycles. The number of aliphatic imine (C=N–C) groups is 1. The number of carbonyl (C=O) groups excluding carboxylic acids is 1. The van der Waals surface area contributed by atoms with E-state index in [1.807, 2.05) is 55.8 Å². The molecule has 0 radical (unpaired) electrons. The van der Waals surface area contributed by atoms with Crippen LogP contribution >= 0.6 is 24.0 Å². The van der Waals surface area contributed by atoms with Gasteiger partial charge in [-0.2, -0.15) is 0 Å². The minimum atomic E-state index is 0. The molecule has 166 valence electrons. The number of likely N-dealkylation sites (N-methyl/N-ethyl adjacent to an activating group) is 2. The zero-order chi connectivity index (χ0) is 20.9. The number of carbonyl (C=O) groups is 1. The van der Waals surface area contributed by atoms with Crippen LogP contribution in [0.15, 0.2) is 23.2 Å². The second-order valence-electron chi connectivity index (χ2n) is 6.45. The summed E-state index contributed by atoms with van der Waals surface area (Å²) < 4.78 is 10.6. The summed E-state index contributed by atoms with van der Waals surface area (Å²) in [5.74, 6) is 2.35. The quantitative estimate of drug-likeness (QED) is 0.210. The Morgan fingerprint density at radius 2 is 1.76 bits per heavy atom. The van der Waals surface area contributed by atoms with Crippen molar-refractivity contribution in [1.82, 2.24) is 15.1 Å². The van der Waals surface area contributed by atoms with E-state index < -0.39 is 0 Å². The molecule has 0 bridgehead atoms. The molecule has 7 nitrogen and oxygen atoms in total. The molecule has 0 fully saturated rings. The molecule has 0 spiro atoms. The third-order valence-corrected chi connectivity index (χ3v) is 4.52. The van der Waals surface area contributed by atoms with Crippen molar-refractivity contribution in [1.29, 1.82) is 0 Å². The number of benzene rings is 1. The molecule has 0 unspecified atom stereocenters. The number of nitrogens with zero attached hydrogens (tertiary/aromatic N) is 3. The Bertz CT molecular complexity index is 636. The van der Waals surface area contributed by atoms with Crippen molar-refractivity contribution >= 4 is 35.8 Å². The third kappa shape index (κ3) is 9.10. The fourth-order valence-electron chi connectivity index (χ4n) is 2.93. The first-order valence-electron chi connectivity index (χ1n) is 9.98. The SMILES string of the molecule is CCNC(=NCCCc1ccc(OC)c(OC)c1)N(C)CC(=O)N(CC)CC.I. The molecule has 0 aliphatic heterocycles. The highest BCUT2D eigenvalue weighted by Crippen LogP contribution is 2.27. The smallest absolute Gasteiger partial charge is 0.242 e. The van der Waals surface area contributed by atoms with Gasteiger partial charge in [-0.25, -0.2) is 0 Å². The minimum absolute atomic E-state index is 0. The van der Waals surface area contributed by atoms with Crippen molar-refractivity contribution in [2.24, 2.45) is 4.99 Å². The number of methoxy groups -OCH3 is 2. The molecular weight excluding hydrogens is 483 g/mol. The van der Waals surface area contributed by atoms with Gasteiger partial charge >= 0.3 is 0 Å². The van der Waals surface area contributed by atoms with Crippen molar-refractivity contribution in [2.45, 2.75) is 33.6 Å². The zero-order valence-corrected chi connectivity index (χ0v) is 21.0. The van der Waals surface area contributed by atoms with Crippen LogP contribution in [0.3, 0.4) is 0 Å². The topological polar surface area (TPSA) is 66.4 Å². The van der Waals surface area contributed by atoms with Gasteiger partial charge in [-0.15, -0.1) is 24.0 Å². The fraction of sp³-hybridized carbons (Fsp3) is 0.619. The number of nitrogens with one attached hydrogen (secondary N) is 1. The molecule has 0 saturated carbocycles. The van der Waals surface area contributed by atoms with E-state index in [-0.39, 0.29) is 29.9 Å². The summed E-state index contributed by atoms with van der Waals surface area (Å²) in [7, 11) is 5.18. The van der Waals surface area contributed by atoms with Crippen LogP contribution in [0.1, 0.15) is 32.8 Å². The first-order chi connectivity index (χ1) is 13.5. The van der Waals surface area contributed by atoms with Gasteiger partial charge in [0.25, 0.3) is 0 Å². The highest BCUT2D eigenvalue weighted by atomic mass is 127. The summed E-state index contributed by atoms with van der Waals surface area (Å²) in [6, 6.07) is 5.97. The molecule has 0 aromatic heterocycles. The van der Waals surface area contributed by atoms with Crippen LogP contribution in [0, 0.1) is 0 Å². The van der Waals surface area contributed by atoms with Crippen LogP contribution in [-0.4, -0.2) is 75.7 Å². The molecule has 1 aromatic rings. The minimum Gasteiger partial charge on any atom is -0.493 e. The second kappa shape index (κ2) is 15.2. The maximum atomic E-state index is 12.3. The van der Waals surface area contributed by atoms with Crippen molar-refractivity contribution in [3.05, 3.63) is 23.8 Å². The predicted molar refractivity (Wildman–Crippen MR) is 130 cm³/mol. The molecule has 0 aliphatic rings. The second-order valence-corrected chi connectivity index (χ2v) is 6.45. The molecule has 0 heterocycles. The summed E-state index contributed by atoms with van der Waals surface area (Å²) in [5, 5.41) is 3.26. The van der Waals surface area contributed by atoms with E-state index in [1.54, 1.807) is 14.2 Å². The number of rotatable bonds is 11. The average Bonchev–Trinajstić information content (AvgIpc) is 2.70. The van der Waals surface area contributed by atoms with Gasteiger partial charge in [0.1, 0.15) is 0 Å². The number of hydrogen-bond acceptors (Lipinski definition) is 4. The van der Waals surface area contributed by atoms with E-state index in [2.05, 4.69) is 10.3 Å². The summed E-state index contributed by atoms with van der Waals surface area (Å²) >= 11 is 0. The summed E-state index contributed by atoms with van der Waals surface area (Å²) in [4.78, 5) is 20.7. The number of aryl methyl sites for hydroxylation is 1. The molecule has 0 atom stereocenters. The molecule has 29 heavy (non-hydrogen) atoms. The van der Waals surface area contributed by atoms with Gasteiger partial charge in [0.05, 0.1) is 20.8 Å². The monoisotopic (exact) mass is 520 g/mol. The Kier molecular flexibility index (Phi) is 14.3. The number of ether oxygens (including phenoxy) is 2. The van der Waals surface area contributed by atoms with Crippen LogP contribution in [-0.2, 0) is 11.2 Å². The normalized spacial score (nSPS) is 10.8. The Hall–Kier alpha value is -1.71. The lowest BCUT2D eigenvalue weighted by Gasteiger charge is -2.25. The van der Waals surface area contributed by atoms with Gasteiger partial charge in [0.2, 0.25) is 5.91 Å². The van der Waals surface area contributed by atoms with Crippen molar-refractivity contribution in [3.63, 3.8) is 0 Å². The first kappa shape index (κ1) is 27.3. The fourth-order valence-corrected chi connectivity index (χ4v) is 2.93. The van der Waals surface area contributed by atoms with E-state index in [9.17, 15) is 4.79 Å². The van der Waals surface area contributed by atoms with Gasteiger partial charge < -0.3 is 24.6 Å². The van der Waals surface area contributed by atoms with Gasteiger partial charge in [-0.1, -0.05) is 6.07 Å². The van der Waals surface area contributed by atoms with Gasteiger partial charge in [0.15, 0.2) is 17.5 Å². The number of guanidine groups is 1. The van der Waals surface area contributed by atoms with Crippen LogP contribution in [0.4, 0.5) is 0 Å². The standard InChI is InChI=1S/C21H36N4O3.HI/c1-7-22-21(24(4)16-20(26)25(8-2)9-3)23-14-10-11-17-12-13-18(27-5)19(15-17)28-6;/h12-13,15H,7-11,14,16H2,1-6H3,(H,22,23);1H. The Labute approximate surface area is 192 Å². The predicted octanol–water partition coefficient (Wildman–Crippen LogP) is 3.02. The van der Waals surface area contributed by atoms with E-state index in [0.717, 1.165) is 49.9 Å². The highest BCUT2D eigenvalue weighted by molar-refractivity contribution is 14.0. The Morgan fingerprint density at radius 1 is 1.10 bits per heavy atom. The summed E-state index contributed by atoms with van der Waals surface area (Å²) in [6.07, 6.45) is 1.80. The maximum absolute atomic E-state index is 12.3. The van der Waals surface area contributed by atoms with Gasteiger partial charge in [-0.3, -0.25) is 9.79 Å². The lowest BCUT2D eigenvalue weighted by molar-refractivity contribution is -0.131. The van der Waals surface area contributed by atoms with Gasteiger partial charge in [-0.05, 0) is 51.3 Å². The van der Waals surface area contributed by atoms with Crippen molar-refractivity contribution in [2.75, 3.05) is 54.0 Å². The van der Waals surface area contributed by atoms with Gasteiger partial charge in [0, 0.05) is 33.2 Å². The summed E-state index contributed by atoms with van der Waals surface area (Å²) in [6.45, 7) is 9.23. The van der Waals surface area contributed by atoms with Crippen LogP contribution in [0.5, 0.6) is 11.5 Å². The lowest BCUT2D eigenvalue weighted by Crippen LogP contribution is -2.45. The summed E-state index contributed by atoms with van der Waals surface area (Å²) in [5.41, 5.74) is 1.18. The van der Waals surface area contributed by atoms with Crippen LogP contribution in [0.2, 0.25) is 0 Å². The molecule has 0 aliphatic carbocycles. The maximum Gasteiger partial charge on any atom is 0.242 e. The van der Waals surface area contributed by atoms with E-state index in [4.69, 9.17) is 9.47 Å². The number of amides is 1. The average molecular weight is 520 g/mol. The zero-order valence-electron chi connectivity index (χ0n) is 18.7. The van der Waals surface area contributed by atoms with Crippen molar-refractivity contribution < 1.29 is 14.3 Å². The lowest BCUT2D eigenvalue weighted by atomic mass is 10.1.